The van der Waals surface area contributed by atoms with E-state index in [1.807, 2.05) is 23.1 Å². The Labute approximate surface area is 161 Å². The Kier molecular flexibility index (Phi) is 4.96. The van der Waals surface area contributed by atoms with Gasteiger partial charge in [-0.25, -0.2) is 5.01 Å². The van der Waals surface area contributed by atoms with Crippen molar-refractivity contribution in [2.45, 2.75) is 12.5 Å². The molecule has 2 aliphatic heterocycles. The maximum atomic E-state index is 12.9. The molecule has 0 saturated carbocycles. The summed E-state index contributed by atoms with van der Waals surface area (Å²) in [6.07, 6.45) is 2.15. The minimum absolute atomic E-state index is 0.0663. The number of nitrogens with one attached hydrogen (secondary N) is 1. The van der Waals surface area contributed by atoms with Gasteiger partial charge in [-0.15, -0.1) is 0 Å². The largest absolute Gasteiger partial charge is 0.467 e. The lowest BCUT2D eigenvalue weighted by Crippen LogP contribution is -2.50. The normalized spacial score (nSPS) is 20.5. The van der Waals surface area contributed by atoms with Gasteiger partial charge in [0.05, 0.1) is 25.1 Å². The Morgan fingerprint density at radius 1 is 1.30 bits per heavy atom. The second-order valence-electron chi connectivity index (χ2n) is 6.59. The number of piperazine rings is 1. The molecule has 0 unspecified atom stereocenters. The number of rotatable bonds is 4. The average Bonchev–Trinajstić information content (AvgIpc) is 3.32. The fourth-order valence-electron chi connectivity index (χ4n) is 3.35. The highest BCUT2D eigenvalue weighted by Gasteiger charge is 2.35. The summed E-state index contributed by atoms with van der Waals surface area (Å²) in [7, 11) is 0. The molecule has 4 rings (SSSR count). The smallest absolute Gasteiger partial charge is 0.257 e. The first-order valence-electron chi connectivity index (χ1n) is 8.78. The maximum Gasteiger partial charge on any atom is 0.257 e. The van der Waals surface area contributed by atoms with Crippen molar-refractivity contribution in [1.29, 1.82) is 0 Å². The third-order valence-corrected chi connectivity index (χ3v) is 4.94. The van der Waals surface area contributed by atoms with Crippen LogP contribution in [-0.2, 0) is 9.59 Å². The van der Waals surface area contributed by atoms with E-state index in [0.29, 0.717) is 30.3 Å². The van der Waals surface area contributed by atoms with Crippen molar-refractivity contribution >= 4 is 29.1 Å². The average molecular weight is 387 g/mol. The van der Waals surface area contributed by atoms with Crippen molar-refractivity contribution in [1.82, 2.24) is 15.2 Å². The molecule has 0 spiro atoms. The van der Waals surface area contributed by atoms with Gasteiger partial charge in [0.25, 0.3) is 5.91 Å². The van der Waals surface area contributed by atoms with Crippen molar-refractivity contribution in [3.63, 3.8) is 0 Å². The van der Waals surface area contributed by atoms with Crippen LogP contribution in [0.5, 0.6) is 0 Å². The van der Waals surface area contributed by atoms with Crippen LogP contribution in [0.1, 0.15) is 23.8 Å². The number of hydrazone groups is 1. The molecule has 1 aromatic heterocycles. The summed E-state index contributed by atoms with van der Waals surface area (Å²) in [5.74, 6) is 0.464. The fourth-order valence-corrected chi connectivity index (χ4v) is 3.48. The number of nitrogens with zero attached hydrogens (tertiary/aromatic N) is 3. The molecule has 140 valence electrons. The highest BCUT2D eigenvalue weighted by molar-refractivity contribution is 6.30. The van der Waals surface area contributed by atoms with Gasteiger partial charge in [-0.2, -0.15) is 5.10 Å². The number of benzene rings is 1. The Hall–Kier alpha value is -2.64. The Bertz CT molecular complexity index is 864. The summed E-state index contributed by atoms with van der Waals surface area (Å²) < 4.78 is 5.54. The van der Waals surface area contributed by atoms with E-state index in [1.54, 1.807) is 24.5 Å². The van der Waals surface area contributed by atoms with E-state index in [9.17, 15) is 9.59 Å². The molecule has 8 heteroatoms. The van der Waals surface area contributed by atoms with E-state index in [4.69, 9.17) is 16.0 Å². The molecule has 1 atom stereocenters. The van der Waals surface area contributed by atoms with E-state index in [-0.39, 0.29) is 30.9 Å². The third-order valence-electron chi connectivity index (χ3n) is 4.69. The Morgan fingerprint density at radius 3 is 2.81 bits per heavy atom. The summed E-state index contributed by atoms with van der Waals surface area (Å²) in [6.45, 7) is 1.55. The minimum atomic E-state index is -0.295. The van der Waals surface area contributed by atoms with Gasteiger partial charge >= 0.3 is 0 Å². The van der Waals surface area contributed by atoms with Crippen LogP contribution in [0.25, 0.3) is 0 Å². The summed E-state index contributed by atoms with van der Waals surface area (Å²) in [5, 5.41) is 9.47. The van der Waals surface area contributed by atoms with Gasteiger partial charge in [0, 0.05) is 24.5 Å². The summed E-state index contributed by atoms with van der Waals surface area (Å²) in [5.41, 5.74) is 1.72. The molecule has 27 heavy (non-hydrogen) atoms. The minimum Gasteiger partial charge on any atom is -0.467 e. The lowest BCUT2D eigenvalue weighted by molar-refractivity contribution is -0.135. The molecule has 2 aliphatic rings. The van der Waals surface area contributed by atoms with E-state index >= 15 is 0 Å². The van der Waals surface area contributed by atoms with Crippen molar-refractivity contribution in [2.75, 3.05) is 26.2 Å². The monoisotopic (exact) mass is 386 g/mol. The molecule has 2 amide bonds. The lowest BCUT2D eigenvalue weighted by Gasteiger charge is -2.28. The number of carbonyl (C=O) groups is 2. The van der Waals surface area contributed by atoms with E-state index < -0.39 is 0 Å². The number of hydrogen-bond donors (Lipinski definition) is 1. The van der Waals surface area contributed by atoms with Crippen LogP contribution in [0.2, 0.25) is 5.02 Å². The van der Waals surface area contributed by atoms with Crippen LogP contribution in [0.4, 0.5) is 0 Å². The highest BCUT2D eigenvalue weighted by Crippen LogP contribution is 2.33. The molecule has 1 aromatic carbocycles. The molecule has 1 N–H and O–H groups in total. The van der Waals surface area contributed by atoms with Gasteiger partial charge < -0.3 is 9.73 Å². The first-order valence-corrected chi connectivity index (χ1v) is 9.16. The topological polar surface area (TPSA) is 78.2 Å². The molecule has 7 nitrogen and oxygen atoms in total. The van der Waals surface area contributed by atoms with Crippen LogP contribution in [0.15, 0.2) is 52.2 Å². The second kappa shape index (κ2) is 7.54. The summed E-state index contributed by atoms with van der Waals surface area (Å²) in [6, 6.07) is 10.7. The van der Waals surface area contributed by atoms with Crippen LogP contribution in [0, 0.1) is 0 Å². The Morgan fingerprint density at radius 2 is 2.11 bits per heavy atom. The quantitative estimate of drug-likeness (QED) is 0.872. The van der Waals surface area contributed by atoms with E-state index in [1.165, 1.54) is 5.01 Å². The number of hydrogen-bond acceptors (Lipinski definition) is 5. The van der Waals surface area contributed by atoms with Crippen LogP contribution >= 0.6 is 11.6 Å². The van der Waals surface area contributed by atoms with Gasteiger partial charge in [0.2, 0.25) is 5.91 Å². The molecule has 1 fully saturated rings. The lowest BCUT2D eigenvalue weighted by atomic mass is 10.0. The molecule has 3 heterocycles. The van der Waals surface area contributed by atoms with Gasteiger partial charge in [-0.1, -0.05) is 23.7 Å². The molecule has 0 aliphatic carbocycles. The van der Waals surface area contributed by atoms with Crippen molar-refractivity contribution in [2.24, 2.45) is 5.10 Å². The predicted molar refractivity (Wildman–Crippen MR) is 100 cm³/mol. The predicted octanol–water partition coefficient (Wildman–Crippen LogP) is 2.04. The number of amides is 2. The zero-order valence-electron chi connectivity index (χ0n) is 14.6. The summed E-state index contributed by atoms with van der Waals surface area (Å²) in [4.78, 5) is 26.3. The van der Waals surface area contributed by atoms with Gasteiger partial charge in [0.1, 0.15) is 11.8 Å². The number of carbonyl (C=O) groups excluding carboxylic acids is 2. The van der Waals surface area contributed by atoms with Gasteiger partial charge in [-0.05, 0) is 29.8 Å². The molecular formula is C19H19ClN4O3. The van der Waals surface area contributed by atoms with Crippen LogP contribution in [-0.4, -0.2) is 53.6 Å². The third kappa shape index (κ3) is 3.89. The SMILES string of the molecule is O=C1CN(CC(=O)N2N=C(c3ccc(Cl)cc3)C[C@H]2c2ccco2)CCN1. The summed E-state index contributed by atoms with van der Waals surface area (Å²) >= 11 is 5.97. The van der Waals surface area contributed by atoms with E-state index in [0.717, 1.165) is 11.3 Å². The standard InChI is InChI=1S/C19H19ClN4O3/c20-14-5-3-13(4-6-14)15-10-16(17-2-1-9-27-17)24(22-15)19(26)12-23-8-7-21-18(25)11-23/h1-6,9,16H,7-8,10-12H2,(H,21,25)/t16-/m0/s1. The number of furan rings is 1. The zero-order valence-corrected chi connectivity index (χ0v) is 15.4. The molecule has 0 radical (unpaired) electrons. The van der Waals surface area contributed by atoms with Crippen molar-refractivity contribution in [3.8, 4) is 0 Å². The van der Waals surface area contributed by atoms with Gasteiger partial charge in [0.15, 0.2) is 0 Å². The number of halogens is 1. The molecular weight excluding hydrogens is 368 g/mol. The first-order chi connectivity index (χ1) is 13.1. The maximum absolute atomic E-state index is 12.9. The zero-order chi connectivity index (χ0) is 18.8. The molecule has 2 aromatic rings. The molecule has 0 bridgehead atoms. The van der Waals surface area contributed by atoms with Crippen LogP contribution in [0.3, 0.4) is 0 Å². The van der Waals surface area contributed by atoms with E-state index in [2.05, 4.69) is 10.4 Å². The van der Waals surface area contributed by atoms with Gasteiger partial charge in [-0.3, -0.25) is 14.5 Å². The highest BCUT2D eigenvalue weighted by atomic mass is 35.5. The van der Waals surface area contributed by atoms with Crippen LogP contribution < -0.4 is 5.32 Å². The Balaban J connectivity index is 1.56. The fraction of sp³-hybridized carbons (Fsp3) is 0.316. The van der Waals surface area contributed by atoms with Crippen molar-refractivity contribution in [3.05, 3.63) is 59.0 Å². The van der Waals surface area contributed by atoms with Crippen molar-refractivity contribution < 1.29 is 14.0 Å². The molecule has 1 saturated heterocycles. The first kappa shape index (κ1) is 17.8. The second-order valence-corrected chi connectivity index (χ2v) is 7.02.